The van der Waals surface area contributed by atoms with Crippen LogP contribution >= 0.6 is 0 Å². The molecule has 0 aliphatic heterocycles. The minimum absolute atomic E-state index is 0.138. The fraction of sp³-hybridized carbons (Fsp3) is 0.143. The quantitative estimate of drug-likeness (QED) is 0.733. The number of fused-ring (bicyclic) bond motifs is 1. The molecular weight excluding hydrogens is 274 g/mol. The molecule has 7 nitrogen and oxygen atoms in total. The van der Waals surface area contributed by atoms with Gasteiger partial charge in [0, 0.05) is 17.0 Å². The molecule has 0 aliphatic carbocycles. The third-order valence-electron chi connectivity index (χ3n) is 2.87. The zero-order valence-electron chi connectivity index (χ0n) is 11.1. The van der Waals surface area contributed by atoms with E-state index in [1.165, 1.54) is 6.07 Å². The predicted molar refractivity (Wildman–Crippen MR) is 72.7 cm³/mol. The number of carbonyl (C=O) groups excluding carboxylic acids is 1. The Bertz CT molecular complexity index is 866. The Kier molecular flexibility index (Phi) is 3.23. The van der Waals surface area contributed by atoms with E-state index in [9.17, 15) is 9.59 Å². The number of rotatable bonds is 3. The van der Waals surface area contributed by atoms with E-state index in [-0.39, 0.29) is 23.6 Å². The average Bonchev–Trinajstić information content (AvgIpc) is 2.89. The van der Waals surface area contributed by atoms with Crippen molar-refractivity contribution >= 4 is 16.9 Å². The third kappa shape index (κ3) is 2.66. The number of nitrogens with one attached hydrogen (secondary N) is 1. The van der Waals surface area contributed by atoms with Crippen LogP contribution in [-0.2, 0) is 11.3 Å². The lowest BCUT2D eigenvalue weighted by molar-refractivity contribution is 0.0432. The number of ether oxygens (including phenoxy) is 1. The first kappa shape index (κ1) is 13.0. The van der Waals surface area contributed by atoms with Gasteiger partial charge < -0.3 is 14.2 Å². The zero-order chi connectivity index (χ0) is 14.8. The van der Waals surface area contributed by atoms with Gasteiger partial charge in [-0.1, -0.05) is 23.4 Å². The molecule has 2 heterocycles. The molecule has 0 bridgehead atoms. The van der Waals surface area contributed by atoms with E-state index in [1.54, 1.807) is 31.2 Å². The predicted octanol–water partition coefficient (Wildman–Crippen LogP) is 1.58. The lowest BCUT2D eigenvalue weighted by Gasteiger charge is -2.05. The van der Waals surface area contributed by atoms with E-state index in [4.69, 9.17) is 9.26 Å². The van der Waals surface area contributed by atoms with Crippen LogP contribution < -0.4 is 5.56 Å². The minimum atomic E-state index is -0.617. The van der Waals surface area contributed by atoms with Crippen LogP contribution in [0.3, 0.4) is 0 Å². The maximum atomic E-state index is 12.1. The molecular formula is C14H11N3O4. The van der Waals surface area contributed by atoms with Crippen LogP contribution in [0.4, 0.5) is 0 Å². The van der Waals surface area contributed by atoms with Crippen LogP contribution in [0.2, 0.25) is 0 Å². The zero-order valence-corrected chi connectivity index (χ0v) is 11.1. The number of hydrogen-bond donors (Lipinski definition) is 1. The number of aromatic nitrogens is 3. The van der Waals surface area contributed by atoms with Gasteiger partial charge in [0.2, 0.25) is 5.56 Å². The lowest BCUT2D eigenvalue weighted by Crippen LogP contribution is -2.13. The number of nitrogens with zero attached hydrogens (tertiary/aromatic N) is 2. The lowest BCUT2D eigenvalue weighted by atomic mass is 10.1. The van der Waals surface area contributed by atoms with Crippen molar-refractivity contribution in [1.82, 2.24) is 15.1 Å². The largest absolute Gasteiger partial charge is 0.452 e. The van der Waals surface area contributed by atoms with Crippen molar-refractivity contribution in [1.29, 1.82) is 0 Å². The van der Waals surface area contributed by atoms with Gasteiger partial charge >= 0.3 is 5.97 Å². The summed E-state index contributed by atoms with van der Waals surface area (Å²) in [5, 5.41) is 4.21. The highest BCUT2D eigenvalue weighted by Gasteiger charge is 2.14. The standard InChI is InChI=1S/C14H11N3O4/c1-8-15-13(21-17-8)7-20-14(19)10-6-12(18)16-11-5-3-2-4-9(10)11/h2-6H,7H2,1H3,(H,16,18). The first-order chi connectivity index (χ1) is 10.1. The number of para-hydroxylation sites is 1. The van der Waals surface area contributed by atoms with E-state index in [1.807, 2.05) is 0 Å². The molecule has 1 aromatic carbocycles. The van der Waals surface area contributed by atoms with Crippen LogP contribution in [-0.4, -0.2) is 21.1 Å². The van der Waals surface area contributed by atoms with Crippen LogP contribution in [0, 0.1) is 6.92 Å². The average molecular weight is 285 g/mol. The van der Waals surface area contributed by atoms with Crippen LogP contribution in [0.25, 0.3) is 10.9 Å². The van der Waals surface area contributed by atoms with Crippen LogP contribution in [0.15, 0.2) is 39.6 Å². The van der Waals surface area contributed by atoms with Gasteiger partial charge in [-0.05, 0) is 13.0 Å². The number of hydrogen-bond acceptors (Lipinski definition) is 6. The molecule has 0 atom stereocenters. The fourth-order valence-corrected chi connectivity index (χ4v) is 1.98. The van der Waals surface area contributed by atoms with Crippen molar-refractivity contribution < 1.29 is 14.1 Å². The SMILES string of the molecule is Cc1noc(COC(=O)c2cc(=O)[nH]c3ccccc23)n1. The van der Waals surface area contributed by atoms with E-state index >= 15 is 0 Å². The summed E-state index contributed by atoms with van der Waals surface area (Å²) in [6.45, 7) is 1.53. The molecule has 106 valence electrons. The molecule has 0 saturated heterocycles. The Labute approximate surface area is 118 Å². The molecule has 0 amide bonds. The number of esters is 1. The molecule has 0 radical (unpaired) electrons. The van der Waals surface area contributed by atoms with E-state index in [0.29, 0.717) is 16.7 Å². The van der Waals surface area contributed by atoms with Crippen molar-refractivity contribution in [3.05, 3.63) is 58.0 Å². The van der Waals surface area contributed by atoms with Gasteiger partial charge in [-0.3, -0.25) is 4.79 Å². The summed E-state index contributed by atoms with van der Waals surface area (Å²) in [6, 6.07) is 8.21. The molecule has 0 aliphatic rings. The number of carbonyl (C=O) groups is 1. The van der Waals surface area contributed by atoms with Gasteiger partial charge in [0.15, 0.2) is 12.4 Å². The number of H-pyrrole nitrogens is 1. The Hall–Kier alpha value is -2.96. The number of benzene rings is 1. The summed E-state index contributed by atoms with van der Waals surface area (Å²) in [5.41, 5.74) is 0.408. The van der Waals surface area contributed by atoms with E-state index < -0.39 is 5.97 Å². The summed E-state index contributed by atoms with van der Waals surface area (Å²) in [7, 11) is 0. The summed E-state index contributed by atoms with van der Waals surface area (Å²) in [5.74, 6) is 0.0470. The number of aryl methyl sites for hydroxylation is 1. The second-order valence-corrected chi connectivity index (χ2v) is 4.40. The normalized spacial score (nSPS) is 10.7. The monoisotopic (exact) mass is 285 g/mol. The minimum Gasteiger partial charge on any atom is -0.452 e. The van der Waals surface area contributed by atoms with Crippen molar-refractivity contribution in [2.45, 2.75) is 13.5 Å². The Morgan fingerprint density at radius 1 is 1.38 bits per heavy atom. The van der Waals surface area contributed by atoms with E-state index in [0.717, 1.165) is 0 Å². The van der Waals surface area contributed by atoms with Gasteiger partial charge in [0.25, 0.3) is 5.89 Å². The molecule has 3 rings (SSSR count). The molecule has 2 aromatic heterocycles. The van der Waals surface area contributed by atoms with Crippen molar-refractivity contribution in [2.24, 2.45) is 0 Å². The van der Waals surface area contributed by atoms with E-state index in [2.05, 4.69) is 15.1 Å². The smallest absolute Gasteiger partial charge is 0.339 e. The highest BCUT2D eigenvalue weighted by Crippen LogP contribution is 2.16. The Morgan fingerprint density at radius 3 is 2.95 bits per heavy atom. The molecule has 1 N–H and O–H groups in total. The summed E-state index contributed by atoms with van der Waals surface area (Å²) >= 11 is 0. The topological polar surface area (TPSA) is 98.1 Å². The second-order valence-electron chi connectivity index (χ2n) is 4.40. The van der Waals surface area contributed by atoms with Gasteiger partial charge in [0.1, 0.15) is 0 Å². The highest BCUT2D eigenvalue weighted by molar-refractivity contribution is 6.03. The number of aromatic amines is 1. The fourth-order valence-electron chi connectivity index (χ4n) is 1.98. The molecule has 21 heavy (non-hydrogen) atoms. The van der Waals surface area contributed by atoms with Gasteiger partial charge in [0.05, 0.1) is 5.56 Å². The van der Waals surface area contributed by atoms with Crippen molar-refractivity contribution in [3.8, 4) is 0 Å². The summed E-state index contributed by atoms with van der Waals surface area (Å²) in [6.07, 6.45) is 0. The van der Waals surface area contributed by atoms with Gasteiger partial charge in [-0.15, -0.1) is 0 Å². The molecule has 0 fully saturated rings. The maximum Gasteiger partial charge on any atom is 0.339 e. The summed E-state index contributed by atoms with van der Waals surface area (Å²) in [4.78, 5) is 30.3. The maximum absolute atomic E-state index is 12.1. The van der Waals surface area contributed by atoms with Crippen molar-refractivity contribution in [2.75, 3.05) is 0 Å². The first-order valence-corrected chi connectivity index (χ1v) is 6.22. The second kappa shape index (κ2) is 5.20. The van der Waals surface area contributed by atoms with Gasteiger partial charge in [-0.2, -0.15) is 4.98 Å². The molecule has 0 unspecified atom stereocenters. The number of pyridine rings is 1. The van der Waals surface area contributed by atoms with Crippen LogP contribution in [0.1, 0.15) is 22.1 Å². The Balaban J connectivity index is 1.89. The third-order valence-corrected chi connectivity index (χ3v) is 2.87. The molecule has 0 spiro atoms. The highest BCUT2D eigenvalue weighted by atomic mass is 16.6. The van der Waals surface area contributed by atoms with Gasteiger partial charge in [-0.25, -0.2) is 4.79 Å². The molecule has 7 heteroatoms. The summed E-state index contributed by atoms with van der Waals surface area (Å²) < 4.78 is 9.96. The Morgan fingerprint density at radius 2 is 2.19 bits per heavy atom. The molecule has 0 saturated carbocycles. The van der Waals surface area contributed by atoms with Crippen LogP contribution in [0.5, 0.6) is 0 Å². The molecule has 3 aromatic rings. The first-order valence-electron chi connectivity index (χ1n) is 6.22. The van der Waals surface area contributed by atoms with Crippen molar-refractivity contribution in [3.63, 3.8) is 0 Å².